The van der Waals surface area contributed by atoms with E-state index in [4.69, 9.17) is 14.6 Å². The Kier molecular flexibility index (Phi) is 5.35. The normalized spacial score (nSPS) is 23.9. The number of carboxylic acids is 1. The Morgan fingerprint density at radius 3 is 2.67 bits per heavy atom. The van der Waals surface area contributed by atoms with E-state index in [1.54, 1.807) is 29.2 Å². The lowest BCUT2D eigenvalue weighted by Gasteiger charge is -2.30. The van der Waals surface area contributed by atoms with E-state index in [9.17, 15) is 9.59 Å². The number of rotatable bonds is 5. The first-order valence-electron chi connectivity index (χ1n) is 8.50. The number of carbonyl (C=O) groups is 2. The van der Waals surface area contributed by atoms with Crippen LogP contribution in [0.2, 0.25) is 0 Å². The summed E-state index contributed by atoms with van der Waals surface area (Å²) < 4.78 is 11.2. The lowest BCUT2D eigenvalue weighted by molar-refractivity contribution is -0.143. The van der Waals surface area contributed by atoms with E-state index in [0.717, 1.165) is 25.9 Å². The van der Waals surface area contributed by atoms with E-state index in [0.29, 0.717) is 30.9 Å². The van der Waals surface area contributed by atoms with Crippen LogP contribution in [0.5, 0.6) is 5.75 Å². The first-order valence-corrected chi connectivity index (χ1v) is 8.50. The van der Waals surface area contributed by atoms with Crippen molar-refractivity contribution >= 4 is 11.9 Å². The van der Waals surface area contributed by atoms with E-state index in [1.165, 1.54) is 0 Å². The average molecular weight is 333 g/mol. The van der Waals surface area contributed by atoms with Gasteiger partial charge in [-0.1, -0.05) is 0 Å². The van der Waals surface area contributed by atoms with Crippen molar-refractivity contribution in [3.8, 4) is 5.75 Å². The van der Waals surface area contributed by atoms with Gasteiger partial charge >= 0.3 is 5.97 Å². The highest BCUT2D eigenvalue weighted by molar-refractivity contribution is 5.94. The van der Waals surface area contributed by atoms with Crippen LogP contribution in [0, 0.1) is 5.92 Å². The highest BCUT2D eigenvalue weighted by atomic mass is 16.5. The number of piperidine rings is 1. The first kappa shape index (κ1) is 16.8. The van der Waals surface area contributed by atoms with Crippen molar-refractivity contribution in [2.45, 2.75) is 31.8 Å². The number of amides is 1. The topological polar surface area (TPSA) is 76.1 Å². The van der Waals surface area contributed by atoms with Gasteiger partial charge in [-0.2, -0.15) is 0 Å². The van der Waals surface area contributed by atoms with E-state index in [1.807, 2.05) is 0 Å². The molecular weight excluding hydrogens is 310 g/mol. The van der Waals surface area contributed by atoms with Crippen LogP contribution in [0.1, 0.15) is 36.0 Å². The molecular formula is C18H23NO5. The van der Waals surface area contributed by atoms with Gasteiger partial charge in [0.15, 0.2) is 0 Å². The fraction of sp³-hybridized carbons (Fsp3) is 0.556. The van der Waals surface area contributed by atoms with Crippen molar-refractivity contribution < 1.29 is 24.2 Å². The van der Waals surface area contributed by atoms with Gasteiger partial charge in [-0.05, 0) is 49.9 Å². The van der Waals surface area contributed by atoms with Crippen LogP contribution >= 0.6 is 0 Å². The Balaban J connectivity index is 1.56. The lowest BCUT2D eigenvalue weighted by atomic mass is 9.97. The van der Waals surface area contributed by atoms with Crippen LogP contribution in [0.4, 0.5) is 0 Å². The van der Waals surface area contributed by atoms with E-state index in [2.05, 4.69) is 0 Å². The molecule has 2 atom stereocenters. The van der Waals surface area contributed by atoms with Crippen LogP contribution in [0.3, 0.4) is 0 Å². The van der Waals surface area contributed by atoms with Crippen molar-refractivity contribution in [3.05, 3.63) is 29.8 Å². The molecule has 0 unspecified atom stereocenters. The van der Waals surface area contributed by atoms with Crippen LogP contribution in [0.15, 0.2) is 24.3 Å². The van der Waals surface area contributed by atoms with Crippen molar-refractivity contribution in [2.75, 3.05) is 26.3 Å². The number of hydrogen-bond acceptors (Lipinski definition) is 4. The zero-order valence-corrected chi connectivity index (χ0v) is 13.6. The highest BCUT2D eigenvalue weighted by Gasteiger charge is 2.28. The van der Waals surface area contributed by atoms with Gasteiger partial charge in [0.05, 0.1) is 12.0 Å². The fourth-order valence-corrected chi connectivity index (χ4v) is 3.20. The molecule has 0 bridgehead atoms. The van der Waals surface area contributed by atoms with Gasteiger partial charge in [-0.25, -0.2) is 0 Å². The largest absolute Gasteiger partial charge is 0.491 e. The summed E-state index contributed by atoms with van der Waals surface area (Å²) >= 11 is 0. The van der Waals surface area contributed by atoms with Crippen LogP contribution in [0.25, 0.3) is 0 Å². The van der Waals surface area contributed by atoms with E-state index in [-0.39, 0.29) is 18.6 Å². The first-order chi connectivity index (χ1) is 11.6. The van der Waals surface area contributed by atoms with Crippen LogP contribution < -0.4 is 4.74 Å². The summed E-state index contributed by atoms with van der Waals surface area (Å²) in [6, 6.07) is 7.02. The number of benzene rings is 1. The summed E-state index contributed by atoms with van der Waals surface area (Å²) in [4.78, 5) is 25.3. The number of carbonyl (C=O) groups excluding carboxylic acids is 1. The summed E-state index contributed by atoms with van der Waals surface area (Å²) in [5.41, 5.74) is 0.561. The van der Waals surface area contributed by atoms with Crippen molar-refractivity contribution in [1.29, 1.82) is 0 Å². The number of carboxylic acid groups (broad SMARTS) is 1. The van der Waals surface area contributed by atoms with Gasteiger partial charge in [-0.3, -0.25) is 9.59 Å². The third-order valence-electron chi connectivity index (χ3n) is 4.62. The predicted molar refractivity (Wildman–Crippen MR) is 87.2 cm³/mol. The molecule has 0 spiro atoms. The van der Waals surface area contributed by atoms with Gasteiger partial charge < -0.3 is 19.5 Å². The minimum absolute atomic E-state index is 0.119. The second kappa shape index (κ2) is 7.66. The molecule has 130 valence electrons. The van der Waals surface area contributed by atoms with Gasteiger partial charge in [0.2, 0.25) is 0 Å². The zero-order valence-electron chi connectivity index (χ0n) is 13.6. The molecule has 0 radical (unpaired) electrons. The smallest absolute Gasteiger partial charge is 0.308 e. The summed E-state index contributed by atoms with van der Waals surface area (Å²) in [5.74, 6) is -0.696. The van der Waals surface area contributed by atoms with Crippen molar-refractivity contribution in [1.82, 2.24) is 4.90 Å². The second-order valence-corrected chi connectivity index (χ2v) is 6.40. The SMILES string of the molecule is O=C(O)[C@H]1CCCN(C(=O)c2ccc(OC[C@H]3CCCO3)cc2)C1. The number of likely N-dealkylation sites (tertiary alicyclic amines) is 1. The number of ether oxygens (including phenoxy) is 2. The molecule has 3 rings (SSSR count). The third kappa shape index (κ3) is 4.06. The van der Waals surface area contributed by atoms with E-state index < -0.39 is 11.9 Å². The third-order valence-corrected chi connectivity index (χ3v) is 4.62. The molecule has 2 fully saturated rings. The molecule has 2 aliphatic rings. The Hall–Kier alpha value is -2.08. The molecule has 1 aromatic rings. The molecule has 0 saturated carbocycles. The molecule has 6 nitrogen and oxygen atoms in total. The number of nitrogens with zero attached hydrogens (tertiary/aromatic N) is 1. The minimum atomic E-state index is -0.828. The Morgan fingerprint density at radius 2 is 2.00 bits per heavy atom. The second-order valence-electron chi connectivity index (χ2n) is 6.40. The molecule has 0 aromatic heterocycles. The van der Waals surface area contributed by atoms with Gasteiger partial charge in [-0.15, -0.1) is 0 Å². The lowest BCUT2D eigenvalue weighted by Crippen LogP contribution is -2.42. The maximum Gasteiger partial charge on any atom is 0.308 e. The molecule has 2 saturated heterocycles. The number of aliphatic carboxylic acids is 1. The van der Waals surface area contributed by atoms with Crippen LogP contribution in [-0.2, 0) is 9.53 Å². The maximum absolute atomic E-state index is 12.5. The summed E-state index contributed by atoms with van der Waals surface area (Å²) in [6.45, 7) is 2.22. The molecule has 1 N–H and O–H groups in total. The van der Waals surface area contributed by atoms with E-state index >= 15 is 0 Å². The number of hydrogen-bond donors (Lipinski definition) is 1. The van der Waals surface area contributed by atoms with Crippen molar-refractivity contribution in [2.24, 2.45) is 5.92 Å². The summed E-state index contributed by atoms with van der Waals surface area (Å²) in [5, 5.41) is 9.13. The quantitative estimate of drug-likeness (QED) is 0.894. The maximum atomic E-state index is 12.5. The predicted octanol–water partition coefficient (Wildman–Crippen LogP) is 2.18. The Labute approximate surface area is 141 Å². The summed E-state index contributed by atoms with van der Waals surface area (Å²) in [6.07, 6.45) is 3.62. The van der Waals surface area contributed by atoms with Crippen LogP contribution in [-0.4, -0.2) is 54.3 Å². The monoisotopic (exact) mass is 333 g/mol. The molecule has 24 heavy (non-hydrogen) atoms. The van der Waals surface area contributed by atoms with Gasteiger partial charge in [0.1, 0.15) is 12.4 Å². The molecule has 0 aliphatic carbocycles. The molecule has 1 aromatic carbocycles. The zero-order chi connectivity index (χ0) is 16.9. The fourth-order valence-electron chi connectivity index (χ4n) is 3.20. The Morgan fingerprint density at radius 1 is 1.21 bits per heavy atom. The van der Waals surface area contributed by atoms with Crippen molar-refractivity contribution in [3.63, 3.8) is 0 Å². The molecule has 6 heteroatoms. The molecule has 2 heterocycles. The van der Waals surface area contributed by atoms with Gasteiger partial charge in [0, 0.05) is 25.3 Å². The standard InChI is InChI=1S/C18H23NO5/c20-17(19-9-1-3-14(11-19)18(21)22)13-5-7-15(8-6-13)24-12-16-4-2-10-23-16/h5-8,14,16H,1-4,9-12H2,(H,21,22)/t14-,16+/m0/s1. The highest BCUT2D eigenvalue weighted by Crippen LogP contribution is 2.21. The molecule has 2 aliphatic heterocycles. The van der Waals surface area contributed by atoms with Gasteiger partial charge in [0.25, 0.3) is 5.91 Å². The minimum Gasteiger partial charge on any atom is -0.491 e. The summed E-state index contributed by atoms with van der Waals surface area (Å²) in [7, 11) is 0. The molecule has 1 amide bonds. The Bertz CT molecular complexity index is 580. The average Bonchev–Trinajstić information content (AvgIpc) is 3.13.